The highest BCUT2D eigenvalue weighted by atomic mass is 16.5. The van der Waals surface area contributed by atoms with Crippen LogP contribution in [0.2, 0.25) is 0 Å². The van der Waals surface area contributed by atoms with Gasteiger partial charge in [0.15, 0.2) is 11.5 Å². The Balaban J connectivity index is 2.05. The van der Waals surface area contributed by atoms with E-state index in [1.807, 2.05) is 0 Å². The summed E-state index contributed by atoms with van der Waals surface area (Å²) in [4.78, 5) is 4.85. The quantitative estimate of drug-likeness (QED) is 0.793. The van der Waals surface area contributed by atoms with E-state index in [9.17, 15) is 0 Å². The van der Waals surface area contributed by atoms with Crippen LogP contribution in [0.5, 0.6) is 23.0 Å². The number of likely N-dealkylation sites (N-methyl/N-ethyl adjacent to an activating group) is 1. The van der Waals surface area contributed by atoms with Gasteiger partial charge in [0.05, 0.1) is 34.1 Å². The molecule has 0 saturated carbocycles. The first-order valence-corrected chi connectivity index (χ1v) is 8.50. The maximum absolute atomic E-state index is 5.73. The molecule has 6 heteroatoms. The van der Waals surface area contributed by atoms with Crippen molar-refractivity contribution >= 4 is 5.69 Å². The third kappa shape index (κ3) is 2.62. The van der Waals surface area contributed by atoms with Gasteiger partial charge in [-0.3, -0.25) is 0 Å². The molecule has 0 unspecified atom stereocenters. The lowest BCUT2D eigenvalue weighted by Gasteiger charge is -2.29. The highest BCUT2D eigenvalue weighted by Gasteiger charge is 2.35. The molecule has 134 valence electrons. The number of hydrogen-bond donors (Lipinski definition) is 0. The van der Waals surface area contributed by atoms with E-state index in [-0.39, 0.29) is 0 Å². The van der Waals surface area contributed by atoms with E-state index < -0.39 is 0 Å². The molecule has 1 atom stereocenters. The zero-order chi connectivity index (χ0) is 17.3. The second-order valence-corrected chi connectivity index (χ2v) is 6.43. The number of rotatable bonds is 6. The van der Waals surface area contributed by atoms with E-state index in [0.29, 0.717) is 17.5 Å². The molecule has 0 aliphatic carbocycles. The average Bonchev–Trinajstić information content (AvgIpc) is 3.19. The number of hydrogen-bond acceptors (Lipinski definition) is 6. The van der Waals surface area contributed by atoms with E-state index in [1.165, 1.54) is 19.4 Å². The minimum absolute atomic E-state index is 0.583. The fourth-order valence-electron chi connectivity index (χ4n) is 4.04. The molecule has 0 bridgehead atoms. The minimum atomic E-state index is 0.583. The van der Waals surface area contributed by atoms with Gasteiger partial charge in [-0.15, -0.1) is 0 Å². The lowest BCUT2D eigenvalue weighted by molar-refractivity contribution is 0.303. The van der Waals surface area contributed by atoms with Gasteiger partial charge in [0.2, 0.25) is 11.5 Å². The highest BCUT2D eigenvalue weighted by Crippen LogP contribution is 2.55. The van der Waals surface area contributed by atoms with Gasteiger partial charge in [-0.1, -0.05) is 0 Å². The van der Waals surface area contributed by atoms with Crippen LogP contribution in [0.4, 0.5) is 5.69 Å². The molecule has 0 radical (unpaired) electrons. The summed E-state index contributed by atoms with van der Waals surface area (Å²) < 4.78 is 22.5. The van der Waals surface area contributed by atoms with Gasteiger partial charge in [0.25, 0.3) is 0 Å². The molecule has 1 saturated heterocycles. The first kappa shape index (κ1) is 17.0. The summed E-state index contributed by atoms with van der Waals surface area (Å²) in [5.74, 6) is 2.70. The summed E-state index contributed by atoms with van der Waals surface area (Å²) in [5, 5.41) is 0. The van der Waals surface area contributed by atoms with Crippen LogP contribution in [0.3, 0.4) is 0 Å². The van der Waals surface area contributed by atoms with Crippen molar-refractivity contribution in [2.45, 2.75) is 25.3 Å². The van der Waals surface area contributed by atoms with Crippen LogP contribution < -0.4 is 23.8 Å². The molecule has 0 spiro atoms. The van der Waals surface area contributed by atoms with Crippen molar-refractivity contribution in [2.75, 3.05) is 60.0 Å². The zero-order valence-corrected chi connectivity index (χ0v) is 15.3. The summed E-state index contributed by atoms with van der Waals surface area (Å²) in [6.07, 6.45) is 3.44. The van der Waals surface area contributed by atoms with Crippen LogP contribution in [0.15, 0.2) is 0 Å². The lowest BCUT2D eigenvalue weighted by atomic mass is 10.1. The van der Waals surface area contributed by atoms with Crippen molar-refractivity contribution in [3.8, 4) is 23.0 Å². The molecule has 0 N–H and O–H groups in total. The van der Waals surface area contributed by atoms with Gasteiger partial charge < -0.3 is 28.7 Å². The molecule has 24 heavy (non-hydrogen) atoms. The molecule has 1 aromatic rings. The highest BCUT2D eigenvalue weighted by molar-refractivity contribution is 5.80. The van der Waals surface area contributed by atoms with Crippen molar-refractivity contribution in [1.82, 2.24) is 4.90 Å². The average molecular weight is 336 g/mol. The summed E-state index contributed by atoms with van der Waals surface area (Å²) in [6, 6.07) is 0.583. The molecular weight excluding hydrogens is 308 g/mol. The summed E-state index contributed by atoms with van der Waals surface area (Å²) in [5.41, 5.74) is 2.24. The summed E-state index contributed by atoms with van der Waals surface area (Å²) >= 11 is 0. The summed E-state index contributed by atoms with van der Waals surface area (Å²) in [7, 11) is 8.84. The second kappa shape index (κ2) is 6.97. The maximum atomic E-state index is 5.73. The predicted octanol–water partition coefficient (Wildman–Crippen LogP) is 2.18. The molecular formula is C18H28N2O4. The van der Waals surface area contributed by atoms with Gasteiger partial charge in [-0.05, 0) is 32.9 Å². The monoisotopic (exact) mass is 336 g/mol. The van der Waals surface area contributed by atoms with Crippen LogP contribution >= 0.6 is 0 Å². The Bertz CT molecular complexity index is 605. The van der Waals surface area contributed by atoms with Crippen LogP contribution in [0, 0.1) is 0 Å². The fourth-order valence-corrected chi connectivity index (χ4v) is 4.04. The molecule has 2 aliphatic rings. The molecule has 3 rings (SSSR count). The number of methoxy groups -OCH3 is 4. The molecule has 6 nitrogen and oxygen atoms in total. The molecule has 2 heterocycles. The SMILES string of the molecule is COc1c2c(c(OC)c(OC)c1OC)N(C[C@H]1CCCN1C)CC2. The van der Waals surface area contributed by atoms with Gasteiger partial charge >= 0.3 is 0 Å². The standard InChI is InChI=1S/C18H28N2O4/c1-19-9-6-7-12(19)11-20-10-8-13-14(20)16(22-3)18(24-5)17(23-4)15(13)21-2/h12H,6-11H2,1-5H3/t12-/m1/s1. The van der Waals surface area contributed by atoms with Gasteiger partial charge in [-0.25, -0.2) is 0 Å². The van der Waals surface area contributed by atoms with E-state index in [1.54, 1.807) is 28.4 Å². The number of likely N-dealkylation sites (tertiary alicyclic amines) is 1. The fraction of sp³-hybridized carbons (Fsp3) is 0.667. The van der Waals surface area contributed by atoms with Crippen LogP contribution in [-0.4, -0.2) is 66.1 Å². The number of benzene rings is 1. The van der Waals surface area contributed by atoms with Crippen molar-refractivity contribution in [3.63, 3.8) is 0 Å². The molecule has 2 aliphatic heterocycles. The van der Waals surface area contributed by atoms with Crippen LogP contribution in [0.1, 0.15) is 18.4 Å². The lowest BCUT2D eigenvalue weighted by Crippen LogP contribution is -2.37. The van der Waals surface area contributed by atoms with Crippen LogP contribution in [-0.2, 0) is 6.42 Å². The van der Waals surface area contributed by atoms with E-state index in [0.717, 1.165) is 42.3 Å². The third-order valence-corrected chi connectivity index (χ3v) is 5.26. The number of anilines is 1. The Morgan fingerprint density at radius 1 is 0.875 bits per heavy atom. The Morgan fingerprint density at radius 3 is 2.04 bits per heavy atom. The topological polar surface area (TPSA) is 43.4 Å². The van der Waals surface area contributed by atoms with Crippen molar-refractivity contribution in [2.24, 2.45) is 0 Å². The first-order valence-electron chi connectivity index (χ1n) is 8.50. The molecule has 0 amide bonds. The Kier molecular flexibility index (Phi) is 4.94. The smallest absolute Gasteiger partial charge is 0.209 e. The van der Waals surface area contributed by atoms with Gasteiger partial charge in [0, 0.05) is 24.7 Å². The zero-order valence-electron chi connectivity index (χ0n) is 15.3. The number of ether oxygens (including phenoxy) is 4. The normalized spacial score (nSPS) is 20.2. The predicted molar refractivity (Wildman–Crippen MR) is 94.2 cm³/mol. The second-order valence-electron chi connectivity index (χ2n) is 6.43. The largest absolute Gasteiger partial charge is 0.492 e. The van der Waals surface area contributed by atoms with Crippen molar-refractivity contribution < 1.29 is 18.9 Å². The number of nitrogens with zero attached hydrogens (tertiary/aromatic N) is 2. The molecule has 1 fully saturated rings. The Hall–Kier alpha value is -1.82. The summed E-state index contributed by atoms with van der Waals surface area (Å²) in [6.45, 7) is 3.14. The van der Waals surface area contributed by atoms with E-state index >= 15 is 0 Å². The van der Waals surface area contributed by atoms with Crippen LogP contribution in [0.25, 0.3) is 0 Å². The van der Waals surface area contributed by atoms with Crippen molar-refractivity contribution in [1.29, 1.82) is 0 Å². The Labute approximate surface area is 144 Å². The van der Waals surface area contributed by atoms with Crippen molar-refractivity contribution in [3.05, 3.63) is 5.56 Å². The number of fused-ring (bicyclic) bond motifs is 1. The van der Waals surface area contributed by atoms with E-state index in [2.05, 4.69) is 16.8 Å². The maximum Gasteiger partial charge on any atom is 0.209 e. The third-order valence-electron chi connectivity index (χ3n) is 5.26. The molecule has 1 aromatic carbocycles. The van der Waals surface area contributed by atoms with Gasteiger partial charge in [0.1, 0.15) is 0 Å². The minimum Gasteiger partial charge on any atom is -0.492 e. The molecule has 0 aromatic heterocycles. The van der Waals surface area contributed by atoms with Gasteiger partial charge in [-0.2, -0.15) is 0 Å². The Morgan fingerprint density at radius 2 is 1.50 bits per heavy atom. The van der Waals surface area contributed by atoms with E-state index in [4.69, 9.17) is 18.9 Å². The first-order chi connectivity index (χ1) is 11.7.